The van der Waals surface area contributed by atoms with Crippen molar-refractivity contribution < 1.29 is 9.59 Å². The van der Waals surface area contributed by atoms with E-state index in [1.54, 1.807) is 11.0 Å². The number of piperazine rings is 1. The maximum absolute atomic E-state index is 12.3. The molecule has 1 fully saturated rings. The van der Waals surface area contributed by atoms with Gasteiger partial charge in [0.1, 0.15) is 0 Å². The first-order chi connectivity index (χ1) is 11.8. The quantitative estimate of drug-likeness (QED) is 0.841. The molecular formula is C18H27ClN4O2. The van der Waals surface area contributed by atoms with Gasteiger partial charge in [0.05, 0.1) is 6.54 Å². The van der Waals surface area contributed by atoms with Gasteiger partial charge in [0.2, 0.25) is 5.91 Å². The molecule has 1 heterocycles. The first-order valence-electron chi connectivity index (χ1n) is 8.66. The van der Waals surface area contributed by atoms with Crippen LogP contribution in [-0.2, 0) is 4.79 Å². The Morgan fingerprint density at radius 3 is 2.48 bits per heavy atom. The van der Waals surface area contributed by atoms with Gasteiger partial charge in [0.15, 0.2) is 0 Å². The molecule has 25 heavy (non-hydrogen) atoms. The van der Waals surface area contributed by atoms with Crippen molar-refractivity contribution in [2.24, 2.45) is 5.92 Å². The maximum Gasteiger partial charge on any atom is 0.321 e. The van der Waals surface area contributed by atoms with Gasteiger partial charge in [-0.25, -0.2) is 4.79 Å². The summed E-state index contributed by atoms with van der Waals surface area (Å²) < 4.78 is 0. The fourth-order valence-corrected chi connectivity index (χ4v) is 2.74. The summed E-state index contributed by atoms with van der Waals surface area (Å²) in [6.07, 6.45) is 0. The first-order valence-corrected chi connectivity index (χ1v) is 9.04. The fourth-order valence-electron chi connectivity index (χ4n) is 2.56. The SMILES string of the molecule is Cc1ccc(NC(=O)N2CCN(CC(=O)NCC(C)C)CC2)cc1Cl. The van der Waals surface area contributed by atoms with E-state index in [2.05, 4.69) is 29.4 Å². The van der Waals surface area contributed by atoms with Gasteiger partial charge in [-0.1, -0.05) is 31.5 Å². The molecular weight excluding hydrogens is 340 g/mol. The Labute approximate surface area is 154 Å². The molecule has 2 N–H and O–H groups in total. The van der Waals surface area contributed by atoms with Crippen LogP contribution in [0.2, 0.25) is 5.02 Å². The Bertz CT molecular complexity index is 613. The summed E-state index contributed by atoms with van der Waals surface area (Å²) in [5.41, 5.74) is 1.67. The van der Waals surface area contributed by atoms with Crippen molar-refractivity contribution in [3.8, 4) is 0 Å². The second-order valence-electron chi connectivity index (χ2n) is 6.86. The Hall–Kier alpha value is -1.79. The van der Waals surface area contributed by atoms with E-state index >= 15 is 0 Å². The predicted octanol–water partition coefficient (Wildman–Crippen LogP) is 2.57. The van der Waals surface area contributed by atoms with Gasteiger partial charge in [-0.05, 0) is 30.5 Å². The van der Waals surface area contributed by atoms with Crippen LogP contribution < -0.4 is 10.6 Å². The van der Waals surface area contributed by atoms with Crippen LogP contribution in [0.5, 0.6) is 0 Å². The van der Waals surface area contributed by atoms with Crippen molar-refractivity contribution in [3.63, 3.8) is 0 Å². The molecule has 7 heteroatoms. The fraction of sp³-hybridized carbons (Fsp3) is 0.556. The van der Waals surface area contributed by atoms with Crippen LogP contribution in [0.15, 0.2) is 18.2 Å². The van der Waals surface area contributed by atoms with E-state index in [0.717, 1.165) is 5.56 Å². The molecule has 6 nitrogen and oxygen atoms in total. The Balaban J connectivity index is 1.76. The number of carbonyl (C=O) groups excluding carboxylic acids is 2. The number of amides is 3. The molecule has 0 aromatic heterocycles. The summed E-state index contributed by atoms with van der Waals surface area (Å²) in [6.45, 7) is 9.72. The summed E-state index contributed by atoms with van der Waals surface area (Å²) in [4.78, 5) is 28.0. The lowest BCUT2D eigenvalue weighted by atomic mass is 10.2. The summed E-state index contributed by atoms with van der Waals surface area (Å²) in [7, 11) is 0. The van der Waals surface area contributed by atoms with Crippen molar-refractivity contribution in [2.75, 3.05) is 44.6 Å². The minimum absolute atomic E-state index is 0.0425. The normalized spacial score (nSPS) is 15.3. The second kappa shape index (κ2) is 9.06. The number of rotatable bonds is 5. The second-order valence-corrected chi connectivity index (χ2v) is 7.26. The van der Waals surface area contributed by atoms with Crippen LogP contribution in [0.3, 0.4) is 0 Å². The van der Waals surface area contributed by atoms with E-state index in [0.29, 0.717) is 55.9 Å². The highest BCUT2D eigenvalue weighted by atomic mass is 35.5. The number of nitrogens with one attached hydrogen (secondary N) is 2. The lowest BCUT2D eigenvalue weighted by Crippen LogP contribution is -2.52. The molecule has 0 saturated carbocycles. The van der Waals surface area contributed by atoms with Crippen LogP contribution in [0.4, 0.5) is 10.5 Å². The highest BCUT2D eigenvalue weighted by molar-refractivity contribution is 6.31. The third kappa shape index (κ3) is 6.21. The molecule has 2 rings (SSSR count). The molecule has 0 bridgehead atoms. The number of nitrogens with zero attached hydrogens (tertiary/aromatic N) is 2. The number of benzene rings is 1. The third-order valence-electron chi connectivity index (χ3n) is 4.16. The van der Waals surface area contributed by atoms with Gasteiger partial charge in [-0.3, -0.25) is 9.69 Å². The summed E-state index contributed by atoms with van der Waals surface area (Å²) in [6, 6.07) is 5.34. The molecule has 0 unspecified atom stereocenters. The van der Waals surface area contributed by atoms with Gasteiger partial charge < -0.3 is 15.5 Å². The smallest absolute Gasteiger partial charge is 0.321 e. The zero-order chi connectivity index (χ0) is 18.4. The lowest BCUT2D eigenvalue weighted by Gasteiger charge is -2.34. The number of hydrogen-bond acceptors (Lipinski definition) is 3. The van der Waals surface area contributed by atoms with E-state index in [-0.39, 0.29) is 11.9 Å². The van der Waals surface area contributed by atoms with Crippen LogP contribution in [0.1, 0.15) is 19.4 Å². The number of urea groups is 1. The lowest BCUT2D eigenvalue weighted by molar-refractivity contribution is -0.122. The average Bonchev–Trinajstić information content (AvgIpc) is 2.57. The molecule has 3 amide bonds. The van der Waals surface area contributed by atoms with Crippen molar-refractivity contribution in [2.45, 2.75) is 20.8 Å². The van der Waals surface area contributed by atoms with Gasteiger partial charge >= 0.3 is 6.03 Å². The number of anilines is 1. The zero-order valence-electron chi connectivity index (χ0n) is 15.1. The zero-order valence-corrected chi connectivity index (χ0v) is 15.9. The largest absolute Gasteiger partial charge is 0.355 e. The standard InChI is InChI=1S/C18H27ClN4O2/c1-13(2)11-20-17(24)12-22-6-8-23(9-7-22)18(25)21-15-5-4-14(3)16(19)10-15/h4-5,10,13H,6-9,11-12H2,1-3H3,(H,20,24)(H,21,25). The number of halogens is 1. The highest BCUT2D eigenvalue weighted by Crippen LogP contribution is 2.20. The van der Waals surface area contributed by atoms with Gasteiger partial charge in [-0.2, -0.15) is 0 Å². The monoisotopic (exact) mass is 366 g/mol. The van der Waals surface area contributed by atoms with Gasteiger partial charge in [-0.15, -0.1) is 0 Å². The van der Waals surface area contributed by atoms with E-state index in [9.17, 15) is 9.59 Å². The van der Waals surface area contributed by atoms with Crippen molar-refractivity contribution in [1.82, 2.24) is 15.1 Å². The minimum atomic E-state index is -0.135. The summed E-state index contributed by atoms with van der Waals surface area (Å²) in [5, 5.41) is 6.43. The van der Waals surface area contributed by atoms with Gasteiger partial charge in [0.25, 0.3) is 0 Å². The summed E-state index contributed by atoms with van der Waals surface area (Å²) >= 11 is 6.09. The maximum atomic E-state index is 12.3. The molecule has 1 saturated heterocycles. The predicted molar refractivity (Wildman–Crippen MR) is 101 cm³/mol. The Morgan fingerprint density at radius 2 is 1.88 bits per heavy atom. The van der Waals surface area contributed by atoms with Crippen LogP contribution in [-0.4, -0.2) is 61.0 Å². The first kappa shape index (κ1) is 19.5. The van der Waals surface area contributed by atoms with E-state index in [1.165, 1.54) is 0 Å². The highest BCUT2D eigenvalue weighted by Gasteiger charge is 2.22. The van der Waals surface area contributed by atoms with E-state index < -0.39 is 0 Å². The molecule has 0 aliphatic carbocycles. The van der Waals surface area contributed by atoms with E-state index in [4.69, 9.17) is 11.6 Å². The van der Waals surface area contributed by atoms with Crippen molar-refractivity contribution in [3.05, 3.63) is 28.8 Å². The van der Waals surface area contributed by atoms with Crippen molar-refractivity contribution >= 4 is 29.2 Å². The Kier molecular flexibility index (Phi) is 7.08. The number of aryl methyl sites for hydroxylation is 1. The molecule has 138 valence electrons. The molecule has 1 aliphatic heterocycles. The summed E-state index contributed by atoms with van der Waals surface area (Å²) in [5.74, 6) is 0.487. The Morgan fingerprint density at radius 1 is 1.20 bits per heavy atom. The van der Waals surface area contributed by atoms with Gasteiger partial charge in [0, 0.05) is 43.4 Å². The minimum Gasteiger partial charge on any atom is -0.355 e. The number of carbonyl (C=O) groups is 2. The van der Waals surface area contributed by atoms with Crippen LogP contribution >= 0.6 is 11.6 Å². The molecule has 0 spiro atoms. The molecule has 1 aliphatic rings. The topological polar surface area (TPSA) is 64.7 Å². The van der Waals surface area contributed by atoms with Crippen LogP contribution in [0.25, 0.3) is 0 Å². The molecule has 0 radical (unpaired) electrons. The molecule has 0 atom stereocenters. The molecule has 1 aromatic carbocycles. The van der Waals surface area contributed by atoms with Crippen molar-refractivity contribution in [1.29, 1.82) is 0 Å². The average molecular weight is 367 g/mol. The van der Waals surface area contributed by atoms with E-state index in [1.807, 2.05) is 19.1 Å². The third-order valence-corrected chi connectivity index (χ3v) is 4.56. The number of hydrogen-bond donors (Lipinski definition) is 2. The van der Waals surface area contributed by atoms with Crippen LogP contribution in [0, 0.1) is 12.8 Å². The molecule has 1 aromatic rings.